The van der Waals surface area contributed by atoms with Crippen molar-refractivity contribution in [3.05, 3.63) is 70.5 Å². The third kappa shape index (κ3) is 6.28. The van der Waals surface area contributed by atoms with Crippen LogP contribution in [-0.4, -0.2) is 55.6 Å². The molecule has 6 nitrogen and oxygen atoms in total. The monoisotopic (exact) mass is 461 g/mol. The van der Waals surface area contributed by atoms with Crippen LogP contribution in [-0.2, 0) is 9.53 Å². The summed E-state index contributed by atoms with van der Waals surface area (Å²) in [6.07, 6.45) is 0. The molecule has 1 aliphatic heterocycles. The molecular formula is C24H29ClFN3O3. The first-order valence-corrected chi connectivity index (χ1v) is 11.1. The van der Waals surface area contributed by atoms with E-state index < -0.39 is 11.9 Å². The van der Waals surface area contributed by atoms with Crippen LogP contribution in [0.15, 0.2) is 48.5 Å². The Balaban J connectivity index is 1.71. The highest BCUT2D eigenvalue weighted by Gasteiger charge is 2.28. The Bertz CT molecular complexity index is 934. The van der Waals surface area contributed by atoms with E-state index in [2.05, 4.69) is 15.5 Å². The summed E-state index contributed by atoms with van der Waals surface area (Å²) in [4.78, 5) is 27.9. The van der Waals surface area contributed by atoms with Gasteiger partial charge in [0.25, 0.3) is 5.91 Å². The molecule has 8 heteroatoms. The molecule has 2 amide bonds. The van der Waals surface area contributed by atoms with Crippen molar-refractivity contribution >= 4 is 23.4 Å². The van der Waals surface area contributed by atoms with Crippen LogP contribution in [0.3, 0.4) is 0 Å². The number of halogens is 2. The molecule has 1 aliphatic rings. The minimum absolute atomic E-state index is 0.141. The number of carbonyl (C=O) groups excluding carboxylic acids is 2. The van der Waals surface area contributed by atoms with Crippen molar-refractivity contribution in [2.45, 2.75) is 25.9 Å². The van der Waals surface area contributed by atoms with E-state index in [1.807, 2.05) is 19.9 Å². The lowest BCUT2D eigenvalue weighted by atomic mass is 10.0. The molecular weight excluding hydrogens is 433 g/mol. The summed E-state index contributed by atoms with van der Waals surface area (Å²) in [6, 6.07) is 12.2. The van der Waals surface area contributed by atoms with Crippen molar-refractivity contribution in [1.82, 2.24) is 15.5 Å². The van der Waals surface area contributed by atoms with Crippen LogP contribution < -0.4 is 10.6 Å². The maximum atomic E-state index is 13.9. The van der Waals surface area contributed by atoms with Gasteiger partial charge in [0.2, 0.25) is 5.91 Å². The standard InChI is InChI=1S/C24H29ClFN3O3/c1-16(2)22(28-23(30)19-8-3-4-9-20(19)25)24(31)27-15-21(29-10-12-32-13-11-29)17-6-5-7-18(26)14-17/h3-9,14,16,21-22H,10-13,15H2,1-2H3,(H,27,31)(H,28,30). The second-order valence-electron chi connectivity index (χ2n) is 8.14. The lowest BCUT2D eigenvalue weighted by Crippen LogP contribution is -2.52. The Morgan fingerprint density at radius 2 is 1.84 bits per heavy atom. The van der Waals surface area contributed by atoms with E-state index in [0.717, 1.165) is 5.56 Å². The van der Waals surface area contributed by atoms with Crippen molar-refractivity contribution in [1.29, 1.82) is 0 Å². The number of rotatable bonds is 8. The number of hydrogen-bond acceptors (Lipinski definition) is 4. The molecule has 1 fully saturated rings. The van der Waals surface area contributed by atoms with Gasteiger partial charge in [-0.3, -0.25) is 14.5 Å². The van der Waals surface area contributed by atoms with Crippen molar-refractivity contribution < 1.29 is 18.7 Å². The normalized spacial score (nSPS) is 16.4. The fraction of sp³-hybridized carbons (Fsp3) is 0.417. The number of morpholine rings is 1. The number of hydrogen-bond donors (Lipinski definition) is 2. The van der Waals surface area contributed by atoms with E-state index in [1.54, 1.807) is 30.3 Å². The molecule has 172 valence electrons. The van der Waals surface area contributed by atoms with E-state index in [4.69, 9.17) is 16.3 Å². The molecule has 0 saturated carbocycles. The van der Waals surface area contributed by atoms with Crippen molar-refractivity contribution in [3.8, 4) is 0 Å². The third-order valence-electron chi connectivity index (χ3n) is 5.54. The maximum Gasteiger partial charge on any atom is 0.253 e. The van der Waals surface area contributed by atoms with Gasteiger partial charge in [-0.1, -0.05) is 49.7 Å². The summed E-state index contributed by atoms with van der Waals surface area (Å²) in [7, 11) is 0. The number of carbonyl (C=O) groups is 2. The molecule has 2 aromatic carbocycles. The minimum Gasteiger partial charge on any atom is -0.379 e. The zero-order valence-electron chi connectivity index (χ0n) is 18.3. The molecule has 2 unspecified atom stereocenters. The fourth-order valence-corrected chi connectivity index (χ4v) is 3.99. The maximum absolute atomic E-state index is 13.9. The first-order valence-electron chi connectivity index (χ1n) is 10.8. The van der Waals surface area contributed by atoms with E-state index >= 15 is 0 Å². The van der Waals surface area contributed by atoms with Crippen LogP contribution in [0.25, 0.3) is 0 Å². The van der Waals surface area contributed by atoms with Gasteiger partial charge < -0.3 is 15.4 Å². The molecule has 2 N–H and O–H groups in total. The van der Waals surface area contributed by atoms with Crippen LogP contribution >= 0.6 is 11.6 Å². The number of nitrogens with zero attached hydrogens (tertiary/aromatic N) is 1. The molecule has 0 aliphatic carbocycles. The molecule has 0 spiro atoms. The van der Waals surface area contributed by atoms with Crippen LogP contribution in [0.2, 0.25) is 5.02 Å². The molecule has 2 atom stereocenters. The Morgan fingerprint density at radius 3 is 2.50 bits per heavy atom. The van der Waals surface area contributed by atoms with Gasteiger partial charge >= 0.3 is 0 Å². The number of ether oxygens (including phenoxy) is 1. The van der Waals surface area contributed by atoms with Gasteiger partial charge in [0, 0.05) is 19.6 Å². The average Bonchev–Trinajstić information content (AvgIpc) is 2.78. The molecule has 1 heterocycles. The zero-order valence-corrected chi connectivity index (χ0v) is 19.1. The SMILES string of the molecule is CC(C)C(NC(=O)c1ccccc1Cl)C(=O)NCC(c1cccc(F)c1)N1CCOCC1. The highest BCUT2D eigenvalue weighted by molar-refractivity contribution is 6.33. The molecule has 3 rings (SSSR count). The predicted molar refractivity (Wildman–Crippen MR) is 122 cm³/mol. The first kappa shape index (κ1) is 24.2. The van der Waals surface area contributed by atoms with Gasteiger partial charge in [-0.05, 0) is 35.7 Å². The topological polar surface area (TPSA) is 70.7 Å². The van der Waals surface area contributed by atoms with E-state index in [-0.39, 0.29) is 30.2 Å². The lowest BCUT2D eigenvalue weighted by Gasteiger charge is -2.35. The summed E-state index contributed by atoms with van der Waals surface area (Å²) in [5.74, 6) is -1.16. The van der Waals surface area contributed by atoms with Crippen molar-refractivity contribution in [2.24, 2.45) is 5.92 Å². The van der Waals surface area contributed by atoms with Gasteiger partial charge in [0.1, 0.15) is 11.9 Å². The van der Waals surface area contributed by atoms with E-state index in [1.165, 1.54) is 12.1 Å². The van der Waals surface area contributed by atoms with Crippen LogP contribution in [0, 0.1) is 11.7 Å². The quantitative estimate of drug-likeness (QED) is 0.632. The second kappa shape index (κ2) is 11.4. The Kier molecular flexibility index (Phi) is 8.61. The zero-order chi connectivity index (χ0) is 23.1. The largest absolute Gasteiger partial charge is 0.379 e. The Morgan fingerprint density at radius 1 is 1.12 bits per heavy atom. The molecule has 1 saturated heterocycles. The van der Waals surface area contributed by atoms with Crippen LogP contribution in [0.5, 0.6) is 0 Å². The number of benzene rings is 2. The summed E-state index contributed by atoms with van der Waals surface area (Å²) >= 11 is 6.12. The fourth-order valence-electron chi connectivity index (χ4n) is 3.77. The third-order valence-corrected chi connectivity index (χ3v) is 5.87. The van der Waals surface area contributed by atoms with Crippen molar-refractivity contribution in [3.63, 3.8) is 0 Å². The summed E-state index contributed by atoms with van der Waals surface area (Å²) in [6.45, 7) is 6.56. The first-order chi connectivity index (χ1) is 15.4. The van der Waals surface area contributed by atoms with Gasteiger partial charge in [-0.2, -0.15) is 0 Å². The second-order valence-corrected chi connectivity index (χ2v) is 8.55. The molecule has 0 aromatic heterocycles. The van der Waals surface area contributed by atoms with Crippen LogP contribution in [0.1, 0.15) is 35.8 Å². The minimum atomic E-state index is -0.739. The summed E-state index contributed by atoms with van der Waals surface area (Å²) < 4.78 is 19.3. The predicted octanol–water partition coefficient (Wildman–Crippen LogP) is 3.42. The van der Waals surface area contributed by atoms with E-state index in [0.29, 0.717) is 36.9 Å². The average molecular weight is 462 g/mol. The number of nitrogens with one attached hydrogen (secondary N) is 2. The van der Waals surface area contributed by atoms with Gasteiger partial charge in [0.15, 0.2) is 0 Å². The van der Waals surface area contributed by atoms with Crippen molar-refractivity contribution in [2.75, 3.05) is 32.8 Å². The van der Waals surface area contributed by atoms with Gasteiger partial charge in [0.05, 0.1) is 29.8 Å². The molecule has 0 radical (unpaired) electrons. The van der Waals surface area contributed by atoms with Gasteiger partial charge in [-0.15, -0.1) is 0 Å². The summed E-state index contributed by atoms with van der Waals surface area (Å²) in [5.41, 5.74) is 1.10. The smallest absolute Gasteiger partial charge is 0.253 e. The lowest BCUT2D eigenvalue weighted by molar-refractivity contribution is -0.124. The highest BCUT2D eigenvalue weighted by Crippen LogP contribution is 2.22. The molecule has 32 heavy (non-hydrogen) atoms. The number of amides is 2. The van der Waals surface area contributed by atoms with Gasteiger partial charge in [-0.25, -0.2) is 4.39 Å². The molecule has 2 aromatic rings. The van der Waals surface area contributed by atoms with E-state index in [9.17, 15) is 14.0 Å². The Labute approximate surface area is 193 Å². The summed E-state index contributed by atoms with van der Waals surface area (Å²) in [5, 5.41) is 6.08. The molecule has 0 bridgehead atoms. The van der Waals surface area contributed by atoms with Crippen LogP contribution in [0.4, 0.5) is 4.39 Å². The highest BCUT2D eigenvalue weighted by atomic mass is 35.5. The Hall–Kier alpha value is -2.48.